The third-order valence-corrected chi connectivity index (χ3v) is 4.34. The fraction of sp³-hybridized carbons (Fsp3) is 0.562. The van der Waals surface area contributed by atoms with Crippen molar-refractivity contribution in [3.8, 4) is 0 Å². The lowest BCUT2D eigenvalue weighted by Crippen LogP contribution is -2.31. The zero-order valence-corrected chi connectivity index (χ0v) is 15.8. The molecular formula is C16H22Cl3NO4. The van der Waals surface area contributed by atoms with Crippen LogP contribution in [0.1, 0.15) is 18.4 Å². The fourth-order valence-corrected chi connectivity index (χ4v) is 2.80. The molecule has 0 amide bonds. The second kappa shape index (κ2) is 11.1. The van der Waals surface area contributed by atoms with E-state index in [0.29, 0.717) is 29.9 Å². The normalized spacial score (nSPS) is 20.8. The van der Waals surface area contributed by atoms with Crippen LogP contribution in [-0.4, -0.2) is 51.6 Å². The molecule has 1 fully saturated rings. The Balaban J connectivity index is 0.00000288. The average molecular weight is 399 g/mol. The Morgan fingerprint density at radius 2 is 2.17 bits per heavy atom. The average Bonchev–Trinajstić information content (AvgIpc) is 2.76. The van der Waals surface area contributed by atoms with Gasteiger partial charge >= 0.3 is 5.97 Å². The fourth-order valence-electron chi connectivity index (χ4n) is 2.49. The van der Waals surface area contributed by atoms with E-state index in [1.165, 1.54) is 0 Å². The molecule has 0 radical (unpaired) electrons. The van der Waals surface area contributed by atoms with Crippen LogP contribution >= 0.6 is 35.6 Å². The van der Waals surface area contributed by atoms with Crippen molar-refractivity contribution in [2.45, 2.75) is 18.9 Å². The van der Waals surface area contributed by atoms with Gasteiger partial charge in [-0.25, -0.2) is 4.79 Å². The summed E-state index contributed by atoms with van der Waals surface area (Å²) in [5.41, 5.74) is 1.03. The maximum absolute atomic E-state index is 11.4. The van der Waals surface area contributed by atoms with Gasteiger partial charge in [-0.1, -0.05) is 29.3 Å². The second-order valence-corrected chi connectivity index (χ2v) is 6.03. The molecule has 0 aliphatic carbocycles. The van der Waals surface area contributed by atoms with Gasteiger partial charge in [-0.05, 0) is 24.6 Å². The number of hydrogen-bond acceptors (Lipinski definition) is 5. The number of hydrogen-bond donors (Lipinski definition) is 1. The first-order valence-electron chi connectivity index (χ1n) is 7.62. The highest BCUT2D eigenvalue weighted by atomic mass is 35.5. The van der Waals surface area contributed by atoms with Crippen LogP contribution in [-0.2, 0) is 19.0 Å². The van der Waals surface area contributed by atoms with Gasteiger partial charge in [0.25, 0.3) is 0 Å². The van der Waals surface area contributed by atoms with Crippen molar-refractivity contribution in [3.05, 3.63) is 33.8 Å². The summed E-state index contributed by atoms with van der Waals surface area (Å²) in [6.07, 6.45) is -0.170. The van der Waals surface area contributed by atoms with Crippen LogP contribution < -0.4 is 5.32 Å². The molecule has 0 aromatic heterocycles. The summed E-state index contributed by atoms with van der Waals surface area (Å²) in [6, 6.07) is 5.57. The van der Waals surface area contributed by atoms with E-state index in [1.54, 1.807) is 13.0 Å². The lowest BCUT2D eigenvalue weighted by molar-refractivity contribution is -0.150. The molecule has 136 valence electrons. The summed E-state index contributed by atoms with van der Waals surface area (Å²) >= 11 is 12.1. The van der Waals surface area contributed by atoms with Crippen molar-refractivity contribution in [1.29, 1.82) is 0 Å². The Kier molecular flexibility index (Phi) is 9.96. The first-order valence-corrected chi connectivity index (χ1v) is 8.38. The molecule has 1 aliphatic rings. The minimum Gasteiger partial charge on any atom is -0.464 e. The summed E-state index contributed by atoms with van der Waals surface area (Å²) in [7, 11) is 0. The van der Waals surface area contributed by atoms with Gasteiger partial charge < -0.3 is 19.5 Å². The molecule has 24 heavy (non-hydrogen) atoms. The zero-order valence-electron chi connectivity index (χ0n) is 13.4. The first-order chi connectivity index (χ1) is 11.1. The first kappa shape index (κ1) is 21.5. The van der Waals surface area contributed by atoms with Crippen molar-refractivity contribution in [1.82, 2.24) is 5.32 Å². The molecule has 1 N–H and O–H groups in total. The Labute approximate surface area is 158 Å². The van der Waals surface area contributed by atoms with E-state index in [2.05, 4.69) is 5.32 Å². The van der Waals surface area contributed by atoms with Crippen molar-refractivity contribution < 1.29 is 19.0 Å². The zero-order chi connectivity index (χ0) is 16.7. The summed E-state index contributed by atoms with van der Waals surface area (Å²) in [5, 5.41) is 4.37. The number of halogens is 3. The van der Waals surface area contributed by atoms with E-state index in [-0.39, 0.29) is 37.0 Å². The number of ether oxygens (including phenoxy) is 3. The van der Waals surface area contributed by atoms with Gasteiger partial charge in [0, 0.05) is 19.0 Å². The topological polar surface area (TPSA) is 56.8 Å². The molecule has 0 saturated carbocycles. The Bertz CT molecular complexity index is 530. The highest BCUT2D eigenvalue weighted by molar-refractivity contribution is 6.42. The van der Waals surface area contributed by atoms with Crippen molar-refractivity contribution >= 4 is 41.6 Å². The van der Waals surface area contributed by atoms with Gasteiger partial charge in [-0.15, -0.1) is 12.4 Å². The number of carbonyl (C=O) groups excluding carboxylic acids is 1. The molecule has 5 nitrogen and oxygen atoms in total. The molecule has 2 atom stereocenters. The molecule has 1 saturated heterocycles. The van der Waals surface area contributed by atoms with Crippen molar-refractivity contribution in [2.24, 2.45) is 0 Å². The standard InChI is InChI=1S/C16H21Cl2NO4.ClH/c1-2-22-16(20)10-21-9-15-12(8-19-5-6-23-15)11-3-4-13(17)14(18)7-11;/h3-4,7,12,15,19H,2,5-6,8-10H2,1H3;1H. The maximum atomic E-state index is 11.4. The summed E-state index contributed by atoms with van der Waals surface area (Å²) in [4.78, 5) is 11.4. The van der Waals surface area contributed by atoms with Crippen LogP contribution in [0.15, 0.2) is 18.2 Å². The van der Waals surface area contributed by atoms with E-state index in [0.717, 1.165) is 18.7 Å². The van der Waals surface area contributed by atoms with Crippen LogP contribution in [0.3, 0.4) is 0 Å². The van der Waals surface area contributed by atoms with Crippen LogP contribution in [0.4, 0.5) is 0 Å². The van der Waals surface area contributed by atoms with Crippen molar-refractivity contribution in [3.63, 3.8) is 0 Å². The molecule has 8 heteroatoms. The lowest BCUT2D eigenvalue weighted by Gasteiger charge is -2.25. The summed E-state index contributed by atoms with van der Waals surface area (Å²) in [6.45, 7) is 4.44. The largest absolute Gasteiger partial charge is 0.464 e. The lowest BCUT2D eigenvalue weighted by atomic mass is 9.93. The highest BCUT2D eigenvalue weighted by Gasteiger charge is 2.27. The summed E-state index contributed by atoms with van der Waals surface area (Å²) < 4.78 is 16.2. The molecule has 1 aromatic rings. The van der Waals surface area contributed by atoms with Gasteiger partial charge in [0.1, 0.15) is 6.61 Å². The van der Waals surface area contributed by atoms with E-state index >= 15 is 0 Å². The predicted molar refractivity (Wildman–Crippen MR) is 96.5 cm³/mol. The highest BCUT2D eigenvalue weighted by Crippen LogP contribution is 2.29. The Morgan fingerprint density at radius 1 is 1.38 bits per heavy atom. The van der Waals surface area contributed by atoms with Crippen LogP contribution in [0.5, 0.6) is 0 Å². The molecule has 0 spiro atoms. The third kappa shape index (κ3) is 6.39. The molecule has 2 unspecified atom stereocenters. The Morgan fingerprint density at radius 3 is 2.88 bits per heavy atom. The maximum Gasteiger partial charge on any atom is 0.332 e. The van der Waals surface area contributed by atoms with Gasteiger partial charge in [0.15, 0.2) is 0 Å². The van der Waals surface area contributed by atoms with Gasteiger partial charge in [0.05, 0.1) is 36.0 Å². The van der Waals surface area contributed by atoms with E-state index in [1.807, 2.05) is 12.1 Å². The number of benzene rings is 1. The molecule has 1 heterocycles. The van der Waals surface area contributed by atoms with E-state index in [9.17, 15) is 4.79 Å². The summed E-state index contributed by atoms with van der Waals surface area (Å²) in [5.74, 6) is -0.306. The third-order valence-electron chi connectivity index (χ3n) is 3.60. The van der Waals surface area contributed by atoms with Crippen LogP contribution in [0.25, 0.3) is 0 Å². The minimum absolute atomic E-state index is 0. The second-order valence-electron chi connectivity index (χ2n) is 5.21. The van der Waals surface area contributed by atoms with Gasteiger partial charge in [0.2, 0.25) is 0 Å². The molecule has 1 aromatic carbocycles. The molecule has 0 bridgehead atoms. The van der Waals surface area contributed by atoms with E-state index < -0.39 is 0 Å². The Hall–Kier alpha value is -0.560. The molecular weight excluding hydrogens is 377 g/mol. The SMILES string of the molecule is CCOC(=O)COCC1OCCNCC1c1ccc(Cl)c(Cl)c1.Cl. The minimum atomic E-state index is -0.370. The van der Waals surface area contributed by atoms with Crippen LogP contribution in [0, 0.1) is 0 Å². The van der Waals surface area contributed by atoms with E-state index in [4.69, 9.17) is 37.4 Å². The molecule has 1 aliphatic heterocycles. The predicted octanol–water partition coefficient (Wildman–Crippen LogP) is 3.07. The monoisotopic (exact) mass is 397 g/mol. The quantitative estimate of drug-likeness (QED) is 0.746. The van der Waals surface area contributed by atoms with Crippen molar-refractivity contribution in [2.75, 3.05) is 39.5 Å². The number of esters is 1. The number of rotatable bonds is 6. The number of carbonyl (C=O) groups is 1. The molecule has 2 rings (SSSR count). The number of nitrogens with one attached hydrogen (secondary N) is 1. The smallest absolute Gasteiger partial charge is 0.332 e. The van der Waals surface area contributed by atoms with Gasteiger partial charge in [-0.2, -0.15) is 0 Å². The van der Waals surface area contributed by atoms with Crippen LogP contribution in [0.2, 0.25) is 10.0 Å². The van der Waals surface area contributed by atoms with Gasteiger partial charge in [-0.3, -0.25) is 0 Å².